The second-order valence-electron chi connectivity index (χ2n) is 10.4. The Morgan fingerprint density at radius 1 is 1.38 bits per heavy atom. The lowest BCUT2D eigenvalue weighted by molar-refractivity contribution is -0.129. The Morgan fingerprint density at radius 2 is 2.24 bits per heavy atom. The number of carbonyl (C=O) groups excluding carboxylic acids is 2. The molecule has 0 bridgehead atoms. The van der Waals surface area contributed by atoms with Gasteiger partial charge in [-0.25, -0.2) is 4.98 Å². The maximum atomic E-state index is 13.2. The van der Waals surface area contributed by atoms with Crippen LogP contribution in [0.4, 0.5) is 5.13 Å². The van der Waals surface area contributed by atoms with Crippen molar-refractivity contribution in [3.05, 3.63) is 40.4 Å². The minimum atomic E-state index is -0.243. The van der Waals surface area contributed by atoms with Crippen LogP contribution in [0.25, 0.3) is 0 Å². The van der Waals surface area contributed by atoms with E-state index >= 15 is 0 Å². The number of aryl methyl sites for hydroxylation is 2. The third kappa shape index (κ3) is 4.19. The number of fused-ring (bicyclic) bond motifs is 5. The zero-order valence-electron chi connectivity index (χ0n) is 20.2. The van der Waals surface area contributed by atoms with Crippen LogP contribution in [0.1, 0.15) is 67.4 Å². The van der Waals surface area contributed by atoms with E-state index < -0.39 is 0 Å². The van der Waals surface area contributed by atoms with Gasteiger partial charge in [0.2, 0.25) is 5.91 Å². The molecule has 3 aliphatic rings. The van der Waals surface area contributed by atoms with Gasteiger partial charge in [0, 0.05) is 36.4 Å². The molecule has 6 nitrogen and oxygen atoms in total. The number of anilines is 1. The Hall–Kier alpha value is -2.54. The molecule has 1 aromatic heterocycles. The number of rotatable bonds is 6. The minimum absolute atomic E-state index is 0.0000932. The minimum Gasteiger partial charge on any atom is -0.446 e. The number of nitrogens with one attached hydrogen (secondary N) is 1. The summed E-state index contributed by atoms with van der Waals surface area (Å²) in [5, 5.41) is 3.59. The standard InChI is InChI=1S/C27H33N3O3S/c1-16-14-29-26(34-16)30-24(32)9-5-18-13-23(31)27(2)11-10-21-20-8-6-19(33-15-28-3)12-17(20)4-7-22(21)25(18)27/h6,8,12,14-15,18,21-22,25H,4-5,7,9-11,13H2,1-3H3,(H,29,30,32)/b28-15-. The Labute approximate surface area is 205 Å². The quantitative estimate of drug-likeness (QED) is 0.435. The molecule has 180 valence electrons. The van der Waals surface area contributed by atoms with Crippen molar-refractivity contribution in [1.82, 2.24) is 4.98 Å². The molecule has 1 aromatic carbocycles. The van der Waals surface area contributed by atoms with Gasteiger partial charge in [-0.2, -0.15) is 0 Å². The highest BCUT2D eigenvalue weighted by atomic mass is 32.1. The average molecular weight is 480 g/mol. The van der Waals surface area contributed by atoms with E-state index in [0.29, 0.717) is 41.5 Å². The van der Waals surface area contributed by atoms with Crippen molar-refractivity contribution in [3.63, 3.8) is 0 Å². The highest BCUT2D eigenvalue weighted by Gasteiger charge is 2.58. The van der Waals surface area contributed by atoms with Crippen LogP contribution < -0.4 is 10.1 Å². The van der Waals surface area contributed by atoms with Crippen molar-refractivity contribution in [1.29, 1.82) is 0 Å². The van der Waals surface area contributed by atoms with Crippen LogP contribution in [0.2, 0.25) is 0 Å². The topological polar surface area (TPSA) is 80.6 Å². The largest absolute Gasteiger partial charge is 0.446 e. The summed E-state index contributed by atoms with van der Waals surface area (Å²) < 4.78 is 5.59. The van der Waals surface area contributed by atoms with Crippen molar-refractivity contribution in [3.8, 4) is 5.75 Å². The van der Waals surface area contributed by atoms with Gasteiger partial charge in [0.1, 0.15) is 11.5 Å². The Kier molecular flexibility index (Phi) is 6.32. The van der Waals surface area contributed by atoms with E-state index in [0.717, 1.165) is 42.7 Å². The van der Waals surface area contributed by atoms with E-state index in [2.05, 4.69) is 34.3 Å². The van der Waals surface area contributed by atoms with E-state index in [1.807, 2.05) is 13.0 Å². The van der Waals surface area contributed by atoms with E-state index in [1.54, 1.807) is 13.2 Å². The lowest BCUT2D eigenvalue weighted by Gasteiger charge is -2.50. The molecular formula is C27H33N3O3S. The summed E-state index contributed by atoms with van der Waals surface area (Å²) in [6.45, 7) is 4.18. The molecule has 5 atom stereocenters. The van der Waals surface area contributed by atoms with Gasteiger partial charge in [-0.15, -0.1) is 11.3 Å². The molecule has 2 aromatic rings. The number of Topliss-reactive ketones (excluding diaryl/α,β-unsaturated/α-hetero) is 1. The molecule has 3 aliphatic carbocycles. The number of nitrogens with zero attached hydrogens (tertiary/aromatic N) is 2. The molecule has 5 unspecified atom stereocenters. The molecular weight excluding hydrogens is 446 g/mol. The van der Waals surface area contributed by atoms with Crippen molar-refractivity contribution >= 4 is 34.6 Å². The molecule has 0 radical (unpaired) electrons. The first-order valence-corrected chi connectivity index (χ1v) is 13.2. The maximum absolute atomic E-state index is 13.2. The summed E-state index contributed by atoms with van der Waals surface area (Å²) >= 11 is 1.49. The Bertz CT molecular complexity index is 1130. The van der Waals surface area contributed by atoms with Crippen molar-refractivity contribution in [2.24, 2.45) is 28.2 Å². The van der Waals surface area contributed by atoms with Gasteiger partial charge in [0.25, 0.3) is 0 Å². The Morgan fingerprint density at radius 3 is 3.00 bits per heavy atom. The highest BCUT2D eigenvalue weighted by molar-refractivity contribution is 7.15. The number of hydrogen-bond donors (Lipinski definition) is 1. The molecule has 2 fully saturated rings. The number of thiazole rings is 1. The van der Waals surface area contributed by atoms with E-state index in [1.165, 1.54) is 28.9 Å². The normalized spacial score (nSPS) is 30.0. The monoisotopic (exact) mass is 479 g/mol. The number of amides is 1. The van der Waals surface area contributed by atoms with Gasteiger partial charge in [-0.05, 0) is 86.0 Å². The fraction of sp³-hybridized carbons (Fsp3) is 0.556. The van der Waals surface area contributed by atoms with Crippen LogP contribution in [0, 0.1) is 30.1 Å². The predicted octanol–water partition coefficient (Wildman–Crippen LogP) is 5.56. The molecule has 2 saturated carbocycles. The highest BCUT2D eigenvalue weighted by Crippen LogP contribution is 2.62. The van der Waals surface area contributed by atoms with Crippen LogP contribution in [-0.2, 0) is 16.0 Å². The van der Waals surface area contributed by atoms with Crippen molar-refractivity contribution < 1.29 is 14.3 Å². The second-order valence-corrected chi connectivity index (χ2v) is 11.6. The second kappa shape index (κ2) is 9.25. The fourth-order valence-corrected chi connectivity index (χ4v) is 7.66. The number of benzene rings is 1. The summed E-state index contributed by atoms with van der Waals surface area (Å²) in [7, 11) is 1.70. The van der Waals surface area contributed by atoms with Gasteiger partial charge in [-0.1, -0.05) is 13.0 Å². The smallest absolute Gasteiger partial charge is 0.226 e. The molecule has 0 saturated heterocycles. The molecule has 0 aliphatic heterocycles. The van der Waals surface area contributed by atoms with Gasteiger partial charge in [0.05, 0.1) is 0 Å². The number of carbonyl (C=O) groups is 2. The van der Waals surface area contributed by atoms with Gasteiger partial charge >= 0.3 is 0 Å². The van der Waals surface area contributed by atoms with Crippen LogP contribution >= 0.6 is 11.3 Å². The maximum Gasteiger partial charge on any atom is 0.226 e. The summed E-state index contributed by atoms with van der Waals surface area (Å²) in [6.07, 6.45) is 9.17. The van der Waals surface area contributed by atoms with E-state index in [9.17, 15) is 9.59 Å². The van der Waals surface area contributed by atoms with Gasteiger partial charge < -0.3 is 10.1 Å². The fourth-order valence-electron chi connectivity index (χ4n) is 6.98. The summed E-state index contributed by atoms with van der Waals surface area (Å²) in [5.41, 5.74) is 2.55. The molecule has 1 amide bonds. The number of aromatic nitrogens is 1. The first-order valence-electron chi connectivity index (χ1n) is 12.3. The molecule has 7 heteroatoms. The SMILES string of the molecule is C/N=C\Oc1ccc2c(c1)CCC1C2CCC2(C)C(=O)CC(CCC(=O)Nc3ncc(C)s3)C12. The number of aliphatic imine (C=N–C) groups is 1. The predicted molar refractivity (Wildman–Crippen MR) is 135 cm³/mol. The van der Waals surface area contributed by atoms with Crippen molar-refractivity contribution in [2.75, 3.05) is 12.4 Å². The van der Waals surface area contributed by atoms with Crippen LogP contribution in [0.3, 0.4) is 0 Å². The molecule has 34 heavy (non-hydrogen) atoms. The zero-order valence-corrected chi connectivity index (χ0v) is 21.0. The molecule has 1 heterocycles. The molecule has 0 spiro atoms. The first kappa shape index (κ1) is 23.2. The van der Waals surface area contributed by atoms with Gasteiger partial charge in [0.15, 0.2) is 11.5 Å². The summed E-state index contributed by atoms with van der Waals surface area (Å²) in [5.74, 6) is 2.85. The lowest BCUT2D eigenvalue weighted by Crippen LogP contribution is -2.44. The number of ketones is 1. The van der Waals surface area contributed by atoms with Crippen LogP contribution in [0.5, 0.6) is 5.75 Å². The van der Waals surface area contributed by atoms with E-state index in [-0.39, 0.29) is 17.2 Å². The van der Waals surface area contributed by atoms with Crippen molar-refractivity contribution in [2.45, 2.75) is 64.7 Å². The number of ether oxygens (including phenoxy) is 1. The lowest BCUT2D eigenvalue weighted by atomic mass is 9.54. The summed E-state index contributed by atoms with van der Waals surface area (Å²) in [4.78, 5) is 35.0. The van der Waals surface area contributed by atoms with E-state index in [4.69, 9.17) is 4.74 Å². The number of hydrogen-bond acceptors (Lipinski definition) is 6. The third-order valence-corrected chi connectivity index (χ3v) is 9.27. The summed E-state index contributed by atoms with van der Waals surface area (Å²) in [6, 6.07) is 6.42. The average Bonchev–Trinajstić information content (AvgIpc) is 3.35. The zero-order chi connectivity index (χ0) is 23.9. The van der Waals surface area contributed by atoms with Crippen LogP contribution in [-0.4, -0.2) is 30.1 Å². The Balaban J connectivity index is 1.32. The first-order chi connectivity index (χ1) is 16.4. The molecule has 5 rings (SSSR count). The van der Waals surface area contributed by atoms with Crippen LogP contribution in [0.15, 0.2) is 29.4 Å². The third-order valence-electron chi connectivity index (χ3n) is 8.45. The molecule has 1 N–H and O–H groups in total. The van der Waals surface area contributed by atoms with Gasteiger partial charge in [-0.3, -0.25) is 14.6 Å².